The molecule has 7 heteroatoms. The van der Waals surface area contributed by atoms with Crippen LogP contribution >= 0.6 is 0 Å². The van der Waals surface area contributed by atoms with Crippen LogP contribution in [-0.2, 0) is 14.4 Å². The van der Waals surface area contributed by atoms with Gasteiger partial charge in [-0.15, -0.1) is 0 Å². The quantitative estimate of drug-likeness (QED) is 0.126. The summed E-state index contributed by atoms with van der Waals surface area (Å²) in [6, 6.07) is 0. The minimum atomic E-state index is -0.925. The van der Waals surface area contributed by atoms with E-state index in [1.54, 1.807) is 22.5 Å². The van der Waals surface area contributed by atoms with E-state index < -0.39 is 17.9 Å². The van der Waals surface area contributed by atoms with Crippen molar-refractivity contribution in [1.82, 2.24) is 0 Å². The van der Waals surface area contributed by atoms with Crippen molar-refractivity contribution in [2.24, 2.45) is 16.2 Å². The third-order valence-corrected chi connectivity index (χ3v) is 6.96. The first-order valence-corrected chi connectivity index (χ1v) is 17.9. The average molecular weight is 690 g/mol. The summed E-state index contributed by atoms with van der Waals surface area (Å²) in [5, 5.41) is 30.1. The second-order valence-electron chi connectivity index (χ2n) is 14.6. The first-order chi connectivity index (χ1) is 18.7. The van der Waals surface area contributed by atoms with Crippen molar-refractivity contribution in [3.8, 4) is 0 Å². The SMILES string of the molecule is CC(C)(C)CCCCCC(=O)[O-].CC(C)(C)CCCCCC(=O)[O-].CC(C)(C)CCCCCC(=O)[O-].CCC[CH2][Sn+3]. The summed E-state index contributed by atoms with van der Waals surface area (Å²) in [6.07, 6.45) is 15.6. The molecule has 0 bridgehead atoms. The number of carbonyl (C=O) groups excluding carboxylic acids is 3. The molecule has 0 aromatic heterocycles. The predicted molar refractivity (Wildman–Crippen MR) is 168 cm³/mol. The molecule has 242 valence electrons. The second kappa shape index (κ2) is 29.3. The topological polar surface area (TPSA) is 120 Å². The Labute approximate surface area is 268 Å². The molecule has 0 aromatic carbocycles. The van der Waals surface area contributed by atoms with Crippen molar-refractivity contribution in [3.05, 3.63) is 0 Å². The van der Waals surface area contributed by atoms with Crippen molar-refractivity contribution in [1.29, 1.82) is 0 Å². The van der Waals surface area contributed by atoms with E-state index >= 15 is 0 Å². The van der Waals surface area contributed by atoms with Crippen LogP contribution in [0.1, 0.15) is 178 Å². The van der Waals surface area contributed by atoms with Crippen LogP contribution in [-0.4, -0.2) is 40.4 Å². The molecule has 0 heterocycles. The Balaban J connectivity index is -0.000000231. The fourth-order valence-electron chi connectivity index (χ4n) is 3.48. The van der Waals surface area contributed by atoms with Gasteiger partial charge in [-0.05, 0) is 74.0 Å². The van der Waals surface area contributed by atoms with Crippen LogP contribution in [0.15, 0.2) is 0 Å². The molecule has 41 heavy (non-hydrogen) atoms. The fraction of sp³-hybridized carbons (Fsp3) is 0.912. The monoisotopic (exact) mass is 690 g/mol. The minimum absolute atomic E-state index is 0.212. The van der Waals surface area contributed by atoms with Gasteiger partial charge in [-0.3, -0.25) is 0 Å². The maximum atomic E-state index is 10.0. The van der Waals surface area contributed by atoms with Gasteiger partial charge in [-0.1, -0.05) is 101 Å². The molecule has 0 aliphatic rings. The molecule has 0 atom stereocenters. The number of aliphatic carboxylic acids is 3. The molecule has 0 spiro atoms. The number of hydrogen-bond donors (Lipinski definition) is 0. The molecule has 0 aliphatic heterocycles. The van der Waals surface area contributed by atoms with Gasteiger partial charge in [-0.2, -0.15) is 0 Å². The standard InChI is InChI=1S/3C10H20O2.C4H9.Sn/c3*1-10(2,3)8-6-4-5-7-9(11)12;1-3-4-2;/h3*4-8H2,1-3H3,(H,11,12);1,3-4H2,2H3;/q;;;;+3/p-3. The molecule has 0 N–H and O–H groups in total. The molecule has 0 amide bonds. The van der Waals surface area contributed by atoms with Gasteiger partial charge in [0.25, 0.3) is 0 Å². The summed E-state index contributed by atoms with van der Waals surface area (Å²) >= 11 is 1.68. The molecule has 0 saturated carbocycles. The summed E-state index contributed by atoms with van der Waals surface area (Å²) < 4.78 is 1.43. The average Bonchev–Trinajstić information content (AvgIpc) is 2.77. The van der Waals surface area contributed by atoms with Crippen LogP contribution < -0.4 is 15.3 Å². The predicted octanol–water partition coefficient (Wildman–Crippen LogP) is 6.57. The van der Waals surface area contributed by atoms with Gasteiger partial charge >= 0.3 is 46.7 Å². The van der Waals surface area contributed by atoms with Crippen molar-refractivity contribution in [2.45, 2.75) is 183 Å². The van der Waals surface area contributed by atoms with Gasteiger partial charge < -0.3 is 29.7 Å². The van der Waals surface area contributed by atoms with Crippen molar-refractivity contribution >= 4 is 40.4 Å². The summed E-state index contributed by atoms with van der Waals surface area (Å²) in [5.74, 6) is -2.78. The van der Waals surface area contributed by atoms with E-state index in [2.05, 4.69) is 69.2 Å². The molecule has 0 saturated heterocycles. The van der Waals surface area contributed by atoms with E-state index in [4.69, 9.17) is 0 Å². The van der Waals surface area contributed by atoms with E-state index in [-0.39, 0.29) is 19.3 Å². The Morgan fingerprint density at radius 2 is 0.707 bits per heavy atom. The van der Waals surface area contributed by atoms with E-state index in [0.29, 0.717) is 16.2 Å². The molecule has 6 nitrogen and oxygen atoms in total. The van der Waals surface area contributed by atoms with Crippen LogP contribution in [0.4, 0.5) is 0 Å². The Bertz CT molecular complexity index is 529. The molecule has 0 aliphatic carbocycles. The molecule has 0 radical (unpaired) electrons. The molecule has 0 rings (SSSR count). The fourth-order valence-corrected chi connectivity index (χ4v) is 4.49. The normalized spacial score (nSPS) is 11.2. The molecule has 0 unspecified atom stereocenters. The maximum absolute atomic E-state index is 10.0. The number of carbonyl (C=O) groups is 3. The van der Waals surface area contributed by atoms with Crippen LogP contribution in [0.25, 0.3) is 0 Å². The van der Waals surface area contributed by atoms with Gasteiger partial charge in [0, 0.05) is 17.9 Å². The van der Waals surface area contributed by atoms with E-state index in [9.17, 15) is 29.7 Å². The van der Waals surface area contributed by atoms with E-state index in [1.807, 2.05) is 0 Å². The number of carboxylic acid groups (broad SMARTS) is 3. The van der Waals surface area contributed by atoms with Crippen molar-refractivity contribution in [3.63, 3.8) is 0 Å². The Kier molecular flexibility index (Phi) is 33.7. The van der Waals surface area contributed by atoms with Crippen molar-refractivity contribution in [2.75, 3.05) is 0 Å². The third-order valence-electron chi connectivity index (χ3n) is 5.95. The Morgan fingerprint density at radius 3 is 0.829 bits per heavy atom. The zero-order valence-electron chi connectivity index (χ0n) is 28.7. The second-order valence-corrected chi connectivity index (χ2v) is 16.0. The Hall–Kier alpha value is -0.791. The first kappa shape index (κ1) is 47.1. The zero-order valence-corrected chi connectivity index (χ0v) is 31.5. The van der Waals surface area contributed by atoms with Gasteiger partial charge in [0.2, 0.25) is 0 Å². The van der Waals surface area contributed by atoms with Crippen LogP contribution in [0.2, 0.25) is 4.44 Å². The van der Waals surface area contributed by atoms with E-state index in [1.165, 1.54) is 36.5 Å². The number of hydrogen-bond acceptors (Lipinski definition) is 6. The first-order valence-electron chi connectivity index (χ1n) is 15.9. The molecule has 0 aromatic rings. The number of unbranched alkanes of at least 4 members (excludes halogenated alkanes) is 7. The Morgan fingerprint density at radius 1 is 0.463 bits per heavy atom. The van der Waals surface area contributed by atoms with Gasteiger partial charge in [0.1, 0.15) is 0 Å². The molecular formula is C34H66O6Sn. The van der Waals surface area contributed by atoms with Gasteiger partial charge in [-0.25, -0.2) is 0 Å². The number of rotatable bonds is 17. The molecular weight excluding hydrogens is 623 g/mol. The summed E-state index contributed by atoms with van der Waals surface area (Å²) in [7, 11) is 0. The summed E-state index contributed by atoms with van der Waals surface area (Å²) in [5.41, 5.74) is 1.13. The zero-order chi connectivity index (χ0) is 33.0. The van der Waals surface area contributed by atoms with Crippen LogP contribution in [0.3, 0.4) is 0 Å². The van der Waals surface area contributed by atoms with Gasteiger partial charge in [0.15, 0.2) is 0 Å². The van der Waals surface area contributed by atoms with Crippen molar-refractivity contribution < 1.29 is 29.7 Å². The van der Waals surface area contributed by atoms with Crippen LogP contribution in [0.5, 0.6) is 0 Å². The summed E-state index contributed by atoms with van der Waals surface area (Å²) in [4.78, 5) is 30.1. The van der Waals surface area contributed by atoms with Crippen LogP contribution in [0, 0.1) is 16.2 Å². The number of carboxylic acids is 3. The third kappa shape index (κ3) is 68.2. The van der Waals surface area contributed by atoms with Gasteiger partial charge in [0.05, 0.1) is 0 Å². The summed E-state index contributed by atoms with van der Waals surface area (Å²) in [6.45, 7) is 22.0. The van der Waals surface area contributed by atoms with E-state index in [0.717, 1.165) is 57.8 Å². The molecule has 0 fully saturated rings.